The van der Waals surface area contributed by atoms with Crippen molar-refractivity contribution in [2.45, 2.75) is 56.5 Å². The fourth-order valence-electron chi connectivity index (χ4n) is 2.98. The van der Waals surface area contributed by atoms with Gasteiger partial charge in [-0.2, -0.15) is 0 Å². The van der Waals surface area contributed by atoms with Crippen molar-refractivity contribution in [1.82, 2.24) is 5.32 Å². The van der Waals surface area contributed by atoms with Gasteiger partial charge >= 0.3 is 0 Å². The average Bonchev–Trinajstić information content (AvgIpc) is 3.15. The van der Waals surface area contributed by atoms with E-state index in [1.165, 1.54) is 38.5 Å². The van der Waals surface area contributed by atoms with E-state index >= 15 is 0 Å². The zero-order chi connectivity index (χ0) is 10.8. The quantitative estimate of drug-likeness (QED) is 0.814. The minimum Gasteiger partial charge on any atom is -0.311 e. The third kappa shape index (κ3) is 2.30. The van der Waals surface area contributed by atoms with Gasteiger partial charge in [-0.15, -0.1) is 0 Å². The Hall–Kier alpha value is -0.820. The summed E-state index contributed by atoms with van der Waals surface area (Å²) in [5.41, 5.74) is 1.54. The van der Waals surface area contributed by atoms with Crippen LogP contribution in [0.3, 0.4) is 0 Å². The first-order chi connectivity index (χ1) is 7.93. The topological polar surface area (TPSA) is 12.0 Å². The molecule has 0 saturated heterocycles. The minimum atomic E-state index is 0.739. The molecule has 1 aromatic carbocycles. The summed E-state index contributed by atoms with van der Waals surface area (Å²) in [6.07, 6.45) is 8.36. The molecule has 2 aliphatic carbocycles. The van der Waals surface area contributed by atoms with Crippen molar-refractivity contribution in [3.63, 3.8) is 0 Å². The maximum atomic E-state index is 3.84. The molecule has 0 heterocycles. The first-order valence-corrected chi connectivity index (χ1v) is 6.74. The van der Waals surface area contributed by atoms with Crippen LogP contribution in [-0.2, 0) is 0 Å². The summed E-state index contributed by atoms with van der Waals surface area (Å²) in [6.45, 7) is 0. The van der Waals surface area contributed by atoms with Gasteiger partial charge < -0.3 is 5.32 Å². The van der Waals surface area contributed by atoms with Crippen molar-refractivity contribution in [3.8, 4) is 0 Å². The highest BCUT2D eigenvalue weighted by Gasteiger charge is 2.31. The first kappa shape index (κ1) is 10.3. The maximum Gasteiger partial charge on any atom is 0.0138 e. The van der Waals surface area contributed by atoms with E-state index in [0.717, 1.165) is 18.0 Å². The highest BCUT2D eigenvalue weighted by Crippen LogP contribution is 2.35. The fourth-order valence-corrected chi connectivity index (χ4v) is 2.98. The van der Waals surface area contributed by atoms with Crippen LogP contribution in [0.4, 0.5) is 0 Å². The molecule has 0 spiro atoms. The standard InChI is InChI=1S/C15H21N/c1-2-6-12(7-3-1)14-8-4-5-9-15(14)16-13-10-11-13/h1-3,6-7,13-16H,4-5,8-11H2. The van der Waals surface area contributed by atoms with Gasteiger partial charge in [0.25, 0.3) is 0 Å². The van der Waals surface area contributed by atoms with Crippen molar-refractivity contribution in [1.29, 1.82) is 0 Å². The molecule has 2 saturated carbocycles. The molecule has 2 unspecified atom stereocenters. The van der Waals surface area contributed by atoms with E-state index < -0.39 is 0 Å². The Kier molecular flexibility index (Phi) is 2.96. The zero-order valence-electron chi connectivity index (χ0n) is 9.86. The monoisotopic (exact) mass is 215 g/mol. The third-order valence-corrected chi connectivity index (χ3v) is 4.02. The molecule has 0 amide bonds. The average molecular weight is 215 g/mol. The summed E-state index contributed by atoms with van der Waals surface area (Å²) in [4.78, 5) is 0. The molecule has 3 rings (SSSR count). The Morgan fingerprint density at radius 3 is 2.38 bits per heavy atom. The van der Waals surface area contributed by atoms with E-state index in [-0.39, 0.29) is 0 Å². The lowest BCUT2D eigenvalue weighted by molar-refractivity contribution is 0.325. The van der Waals surface area contributed by atoms with Gasteiger partial charge in [0.05, 0.1) is 0 Å². The highest BCUT2D eigenvalue weighted by molar-refractivity contribution is 5.22. The lowest BCUT2D eigenvalue weighted by Crippen LogP contribution is -2.38. The van der Waals surface area contributed by atoms with Crippen molar-refractivity contribution < 1.29 is 0 Å². The number of benzene rings is 1. The lowest BCUT2D eigenvalue weighted by atomic mass is 9.80. The lowest BCUT2D eigenvalue weighted by Gasteiger charge is -2.33. The summed E-state index contributed by atoms with van der Waals surface area (Å²) >= 11 is 0. The largest absolute Gasteiger partial charge is 0.311 e. The summed E-state index contributed by atoms with van der Waals surface area (Å²) in [5, 5.41) is 3.84. The van der Waals surface area contributed by atoms with E-state index in [2.05, 4.69) is 35.6 Å². The SMILES string of the molecule is c1ccc(C2CCCCC2NC2CC2)cc1. The smallest absolute Gasteiger partial charge is 0.0138 e. The molecule has 1 nitrogen and oxygen atoms in total. The van der Waals surface area contributed by atoms with Crippen LogP contribution in [0.5, 0.6) is 0 Å². The van der Waals surface area contributed by atoms with Gasteiger partial charge in [-0.05, 0) is 37.2 Å². The predicted molar refractivity (Wildman–Crippen MR) is 67.6 cm³/mol. The van der Waals surface area contributed by atoms with E-state index in [1.807, 2.05) is 0 Å². The highest BCUT2D eigenvalue weighted by atomic mass is 15.0. The first-order valence-electron chi connectivity index (χ1n) is 6.74. The van der Waals surface area contributed by atoms with E-state index in [9.17, 15) is 0 Å². The van der Waals surface area contributed by atoms with Crippen LogP contribution in [0.15, 0.2) is 30.3 Å². The second-order valence-electron chi connectivity index (χ2n) is 5.35. The van der Waals surface area contributed by atoms with Crippen molar-refractivity contribution in [2.24, 2.45) is 0 Å². The molecule has 2 fully saturated rings. The molecule has 0 aliphatic heterocycles. The van der Waals surface area contributed by atoms with Crippen LogP contribution in [0.25, 0.3) is 0 Å². The molecule has 1 heteroatoms. The van der Waals surface area contributed by atoms with Gasteiger partial charge in [-0.3, -0.25) is 0 Å². The van der Waals surface area contributed by atoms with Crippen molar-refractivity contribution in [2.75, 3.05) is 0 Å². The Morgan fingerprint density at radius 1 is 0.875 bits per heavy atom. The van der Waals surface area contributed by atoms with Gasteiger partial charge in [0.2, 0.25) is 0 Å². The van der Waals surface area contributed by atoms with Gasteiger partial charge in [0.15, 0.2) is 0 Å². The maximum absolute atomic E-state index is 3.84. The summed E-state index contributed by atoms with van der Waals surface area (Å²) in [5.74, 6) is 0.760. The van der Waals surface area contributed by atoms with E-state index in [0.29, 0.717) is 0 Å². The van der Waals surface area contributed by atoms with Crippen LogP contribution in [0.1, 0.15) is 50.0 Å². The van der Waals surface area contributed by atoms with Crippen LogP contribution in [0.2, 0.25) is 0 Å². The van der Waals surface area contributed by atoms with Crippen LogP contribution >= 0.6 is 0 Å². The van der Waals surface area contributed by atoms with Crippen LogP contribution < -0.4 is 5.32 Å². The van der Waals surface area contributed by atoms with Gasteiger partial charge in [0, 0.05) is 12.1 Å². The summed E-state index contributed by atoms with van der Waals surface area (Å²) in [7, 11) is 0. The normalized spacial score (nSPS) is 30.2. The summed E-state index contributed by atoms with van der Waals surface area (Å²) in [6, 6.07) is 12.7. The third-order valence-electron chi connectivity index (χ3n) is 4.02. The Bertz CT molecular complexity index is 329. The Morgan fingerprint density at radius 2 is 1.62 bits per heavy atom. The Balaban J connectivity index is 1.74. The number of nitrogens with one attached hydrogen (secondary N) is 1. The van der Waals surface area contributed by atoms with E-state index in [4.69, 9.17) is 0 Å². The molecule has 0 radical (unpaired) electrons. The molecular weight excluding hydrogens is 194 g/mol. The van der Waals surface area contributed by atoms with Gasteiger partial charge in [-0.25, -0.2) is 0 Å². The molecule has 16 heavy (non-hydrogen) atoms. The summed E-state index contributed by atoms with van der Waals surface area (Å²) < 4.78 is 0. The van der Waals surface area contributed by atoms with Crippen LogP contribution in [0, 0.1) is 0 Å². The predicted octanol–water partition coefficient (Wildman–Crippen LogP) is 3.46. The second-order valence-corrected chi connectivity index (χ2v) is 5.35. The van der Waals surface area contributed by atoms with E-state index in [1.54, 1.807) is 5.56 Å². The van der Waals surface area contributed by atoms with Gasteiger partial charge in [-0.1, -0.05) is 43.2 Å². The molecule has 86 valence electrons. The molecule has 0 aromatic heterocycles. The minimum absolute atomic E-state index is 0.739. The fraction of sp³-hybridized carbons (Fsp3) is 0.600. The molecule has 1 aromatic rings. The van der Waals surface area contributed by atoms with Crippen LogP contribution in [-0.4, -0.2) is 12.1 Å². The Labute approximate surface area is 98.3 Å². The van der Waals surface area contributed by atoms with Crippen molar-refractivity contribution >= 4 is 0 Å². The van der Waals surface area contributed by atoms with Gasteiger partial charge in [0.1, 0.15) is 0 Å². The second kappa shape index (κ2) is 4.58. The zero-order valence-corrected chi connectivity index (χ0v) is 9.86. The number of rotatable bonds is 3. The molecule has 1 N–H and O–H groups in total. The number of hydrogen-bond donors (Lipinski definition) is 1. The number of hydrogen-bond acceptors (Lipinski definition) is 1. The molecule has 2 aliphatic rings. The molecular formula is C15H21N. The molecule has 2 atom stereocenters. The molecule has 0 bridgehead atoms. The van der Waals surface area contributed by atoms with Crippen molar-refractivity contribution in [3.05, 3.63) is 35.9 Å².